The highest BCUT2D eigenvalue weighted by atomic mass is 16.2. The molecular weight excluding hydrogens is 258 g/mol. The molecule has 1 atom stereocenters. The molecule has 2 N–H and O–H groups in total. The van der Waals surface area contributed by atoms with E-state index in [0.29, 0.717) is 0 Å². The van der Waals surface area contributed by atoms with Gasteiger partial charge in [0.15, 0.2) is 0 Å². The molecule has 1 saturated heterocycles. The fourth-order valence-electron chi connectivity index (χ4n) is 1.98. The van der Waals surface area contributed by atoms with E-state index >= 15 is 0 Å². The van der Waals surface area contributed by atoms with Crippen LogP contribution in [0.4, 0.5) is 4.79 Å². The third-order valence-corrected chi connectivity index (χ3v) is 3.19. The van der Waals surface area contributed by atoms with Crippen molar-refractivity contribution in [1.29, 1.82) is 0 Å². The third-order valence-electron chi connectivity index (χ3n) is 3.19. The zero-order valence-electron chi connectivity index (χ0n) is 11.5. The van der Waals surface area contributed by atoms with Crippen molar-refractivity contribution in [2.45, 2.75) is 19.9 Å². The molecule has 6 heteroatoms. The lowest BCUT2D eigenvalue weighted by Gasteiger charge is -2.17. The molecule has 1 heterocycles. The van der Waals surface area contributed by atoms with E-state index < -0.39 is 6.03 Å². The minimum atomic E-state index is -0.520. The molecule has 0 spiro atoms. The normalized spacial score (nSPS) is 16.0. The number of hydrogen-bond acceptors (Lipinski definition) is 3. The molecule has 6 nitrogen and oxygen atoms in total. The predicted octanol–water partition coefficient (Wildman–Crippen LogP) is 0.724. The van der Waals surface area contributed by atoms with E-state index in [4.69, 9.17) is 0 Å². The van der Waals surface area contributed by atoms with Crippen molar-refractivity contribution in [2.24, 2.45) is 0 Å². The van der Waals surface area contributed by atoms with Gasteiger partial charge in [0.1, 0.15) is 6.54 Å². The number of carbonyl (C=O) groups is 3. The van der Waals surface area contributed by atoms with Crippen molar-refractivity contribution in [1.82, 2.24) is 15.5 Å². The molecule has 1 aromatic rings. The van der Waals surface area contributed by atoms with Gasteiger partial charge in [-0.05, 0) is 19.4 Å². The maximum absolute atomic E-state index is 11.9. The van der Waals surface area contributed by atoms with E-state index in [0.717, 1.165) is 16.0 Å². The second-order valence-corrected chi connectivity index (χ2v) is 4.84. The Kier molecular flexibility index (Phi) is 4.02. The van der Waals surface area contributed by atoms with Crippen LogP contribution in [0.3, 0.4) is 0 Å². The number of amides is 4. The summed E-state index contributed by atoms with van der Waals surface area (Å²) in [5, 5.41) is 5.14. The summed E-state index contributed by atoms with van der Waals surface area (Å²) in [6.45, 7) is 3.56. The van der Waals surface area contributed by atoms with Crippen LogP contribution in [0.15, 0.2) is 24.3 Å². The third kappa shape index (κ3) is 3.14. The lowest BCUT2D eigenvalue weighted by atomic mass is 10.1. The van der Waals surface area contributed by atoms with Gasteiger partial charge in [-0.3, -0.25) is 14.5 Å². The van der Waals surface area contributed by atoms with Crippen molar-refractivity contribution in [3.8, 4) is 0 Å². The maximum atomic E-state index is 11.9. The smallest absolute Gasteiger partial charge is 0.325 e. The Labute approximate surface area is 117 Å². The number of nitrogens with zero attached hydrogens (tertiary/aromatic N) is 1. The van der Waals surface area contributed by atoms with E-state index in [2.05, 4.69) is 10.6 Å². The second-order valence-electron chi connectivity index (χ2n) is 4.84. The Bertz CT molecular complexity index is 523. The van der Waals surface area contributed by atoms with Crippen LogP contribution < -0.4 is 10.6 Å². The molecule has 2 rings (SSSR count). The first-order valence-corrected chi connectivity index (χ1v) is 6.41. The standard InChI is InChI=1S/C14H17N3O3/c1-9-3-5-11(6-4-9)10(2)16-12(18)8-17-13(19)7-15-14(17)20/h3-6,10H,7-8H2,1-2H3,(H,15,20)(H,16,18). The summed E-state index contributed by atoms with van der Waals surface area (Å²) in [5.74, 6) is -0.739. The molecule has 0 radical (unpaired) electrons. The summed E-state index contributed by atoms with van der Waals surface area (Å²) in [4.78, 5) is 35.5. The first-order chi connectivity index (χ1) is 9.47. The fraction of sp³-hybridized carbons (Fsp3) is 0.357. The molecule has 0 bridgehead atoms. The molecule has 1 fully saturated rings. The van der Waals surface area contributed by atoms with Gasteiger partial charge in [0.05, 0.1) is 12.6 Å². The summed E-state index contributed by atoms with van der Waals surface area (Å²) in [5.41, 5.74) is 2.12. The quantitative estimate of drug-likeness (QED) is 0.795. The number of imide groups is 1. The van der Waals surface area contributed by atoms with E-state index in [1.54, 1.807) is 0 Å². The highest BCUT2D eigenvalue weighted by Crippen LogP contribution is 2.13. The minimum absolute atomic E-state index is 0.0420. The number of nitrogens with one attached hydrogen (secondary N) is 2. The van der Waals surface area contributed by atoms with Gasteiger partial charge in [0.2, 0.25) is 5.91 Å². The molecule has 20 heavy (non-hydrogen) atoms. The van der Waals surface area contributed by atoms with E-state index in [1.807, 2.05) is 38.1 Å². The lowest BCUT2D eigenvalue weighted by molar-refractivity contribution is -0.130. The van der Waals surface area contributed by atoms with Crippen LogP contribution in [0, 0.1) is 6.92 Å². The Morgan fingerprint density at radius 3 is 2.55 bits per heavy atom. The highest BCUT2D eigenvalue weighted by Gasteiger charge is 2.30. The van der Waals surface area contributed by atoms with Crippen molar-refractivity contribution in [2.75, 3.05) is 13.1 Å². The van der Waals surface area contributed by atoms with Crippen LogP contribution in [0.5, 0.6) is 0 Å². The largest absolute Gasteiger partial charge is 0.348 e. The van der Waals surface area contributed by atoms with Crippen molar-refractivity contribution in [3.63, 3.8) is 0 Å². The molecule has 4 amide bonds. The van der Waals surface area contributed by atoms with Gasteiger partial charge in [-0.1, -0.05) is 29.8 Å². The summed E-state index contributed by atoms with van der Waals surface area (Å²) >= 11 is 0. The van der Waals surface area contributed by atoms with Gasteiger partial charge in [-0.15, -0.1) is 0 Å². The van der Waals surface area contributed by atoms with Crippen molar-refractivity contribution < 1.29 is 14.4 Å². The van der Waals surface area contributed by atoms with Gasteiger partial charge in [0, 0.05) is 0 Å². The van der Waals surface area contributed by atoms with Crippen LogP contribution in [0.25, 0.3) is 0 Å². The molecule has 0 aromatic heterocycles. The molecule has 1 aromatic carbocycles. The van der Waals surface area contributed by atoms with Gasteiger partial charge in [-0.2, -0.15) is 0 Å². The highest BCUT2D eigenvalue weighted by molar-refractivity contribution is 6.04. The summed E-state index contributed by atoms with van der Waals surface area (Å²) in [6, 6.07) is 7.12. The molecule has 0 saturated carbocycles. The summed E-state index contributed by atoms with van der Waals surface area (Å²) in [6.07, 6.45) is 0. The summed E-state index contributed by atoms with van der Waals surface area (Å²) in [7, 11) is 0. The Balaban J connectivity index is 1.92. The first-order valence-electron chi connectivity index (χ1n) is 6.41. The minimum Gasteiger partial charge on any atom is -0.348 e. The Morgan fingerprint density at radius 2 is 2.00 bits per heavy atom. The SMILES string of the molecule is Cc1ccc(C(C)NC(=O)CN2C(=O)CNC2=O)cc1. The Hall–Kier alpha value is -2.37. The number of rotatable bonds is 4. The maximum Gasteiger partial charge on any atom is 0.325 e. The fourth-order valence-corrected chi connectivity index (χ4v) is 1.98. The second kappa shape index (κ2) is 5.73. The van der Waals surface area contributed by atoms with Gasteiger partial charge in [-0.25, -0.2) is 4.79 Å². The van der Waals surface area contributed by atoms with Gasteiger partial charge >= 0.3 is 6.03 Å². The van der Waals surface area contributed by atoms with Crippen LogP contribution in [-0.2, 0) is 9.59 Å². The zero-order valence-corrected chi connectivity index (χ0v) is 11.5. The average molecular weight is 275 g/mol. The number of urea groups is 1. The number of benzene rings is 1. The monoisotopic (exact) mass is 275 g/mol. The van der Waals surface area contributed by atoms with Crippen molar-refractivity contribution >= 4 is 17.8 Å². The van der Waals surface area contributed by atoms with E-state index in [9.17, 15) is 14.4 Å². The van der Waals surface area contributed by atoms with Crippen LogP contribution >= 0.6 is 0 Å². The summed E-state index contributed by atoms with van der Waals surface area (Å²) < 4.78 is 0. The zero-order chi connectivity index (χ0) is 14.7. The van der Waals surface area contributed by atoms with Crippen LogP contribution in [-0.4, -0.2) is 35.8 Å². The van der Waals surface area contributed by atoms with Crippen LogP contribution in [0.2, 0.25) is 0 Å². The molecule has 1 unspecified atom stereocenters. The van der Waals surface area contributed by atoms with Gasteiger partial charge in [0.25, 0.3) is 5.91 Å². The molecule has 1 aliphatic heterocycles. The average Bonchev–Trinajstić information content (AvgIpc) is 2.71. The van der Waals surface area contributed by atoms with E-state index in [-0.39, 0.29) is 30.9 Å². The lowest BCUT2D eigenvalue weighted by Crippen LogP contribution is -2.41. The number of carbonyl (C=O) groups excluding carboxylic acids is 3. The predicted molar refractivity (Wildman–Crippen MR) is 72.8 cm³/mol. The molecule has 1 aliphatic rings. The van der Waals surface area contributed by atoms with Crippen molar-refractivity contribution in [3.05, 3.63) is 35.4 Å². The molecular formula is C14H17N3O3. The number of hydrogen-bond donors (Lipinski definition) is 2. The first kappa shape index (κ1) is 14.0. The number of aryl methyl sites for hydroxylation is 1. The van der Waals surface area contributed by atoms with Gasteiger partial charge < -0.3 is 10.6 Å². The molecule has 106 valence electrons. The topological polar surface area (TPSA) is 78.5 Å². The molecule has 0 aliphatic carbocycles. The van der Waals surface area contributed by atoms with E-state index in [1.165, 1.54) is 0 Å². The Morgan fingerprint density at radius 1 is 1.35 bits per heavy atom. The van der Waals surface area contributed by atoms with Crippen LogP contribution in [0.1, 0.15) is 24.1 Å².